The predicted octanol–water partition coefficient (Wildman–Crippen LogP) is 4.67. The summed E-state index contributed by atoms with van der Waals surface area (Å²) in [4.78, 5) is 26.2. The van der Waals surface area contributed by atoms with E-state index in [0.717, 1.165) is 36.2 Å². The van der Waals surface area contributed by atoms with E-state index in [2.05, 4.69) is 5.32 Å². The molecule has 0 radical (unpaired) electrons. The number of benzene rings is 2. The number of nitrogens with zero attached hydrogens (tertiary/aromatic N) is 1. The molecule has 0 aliphatic carbocycles. The molecule has 0 atom stereocenters. The summed E-state index contributed by atoms with van der Waals surface area (Å²) in [5, 5.41) is 2.08. The summed E-state index contributed by atoms with van der Waals surface area (Å²) in [6.07, 6.45) is -3.62. The van der Waals surface area contributed by atoms with Crippen LogP contribution in [0.25, 0.3) is 0 Å². The smallest absolute Gasteiger partial charge is 0.325 e. The van der Waals surface area contributed by atoms with E-state index in [1.165, 1.54) is 11.0 Å². The Morgan fingerprint density at radius 3 is 2.63 bits per heavy atom. The zero-order valence-electron chi connectivity index (χ0n) is 14.1. The Hall–Kier alpha value is -2.54. The van der Waals surface area contributed by atoms with E-state index in [4.69, 9.17) is 11.6 Å². The minimum Gasteiger partial charge on any atom is -0.325 e. The van der Waals surface area contributed by atoms with Crippen LogP contribution in [0, 0.1) is 0 Å². The Labute approximate surface area is 158 Å². The standard InChI is InChI=1S/C19H16ClF3N2O2/c20-13-7-8-15(14(10-13)19(21,22)23)24-17(26)11-18(27)25-9-3-5-12-4-1-2-6-16(12)25/h1-2,4,6-8,10H,3,5,9,11H2,(H,24,26). The van der Waals surface area contributed by atoms with Crippen LogP contribution >= 0.6 is 11.6 Å². The fourth-order valence-electron chi connectivity index (χ4n) is 3.08. The van der Waals surface area contributed by atoms with Crippen molar-refractivity contribution in [1.29, 1.82) is 0 Å². The number of halogens is 4. The van der Waals surface area contributed by atoms with Gasteiger partial charge in [-0.15, -0.1) is 0 Å². The van der Waals surface area contributed by atoms with Crippen LogP contribution in [-0.2, 0) is 22.2 Å². The number of rotatable bonds is 3. The lowest BCUT2D eigenvalue weighted by atomic mass is 10.0. The van der Waals surface area contributed by atoms with Gasteiger partial charge in [-0.3, -0.25) is 9.59 Å². The van der Waals surface area contributed by atoms with E-state index in [9.17, 15) is 22.8 Å². The van der Waals surface area contributed by atoms with Gasteiger partial charge in [0.15, 0.2) is 0 Å². The summed E-state index contributed by atoms with van der Waals surface area (Å²) in [6.45, 7) is 0.470. The maximum Gasteiger partial charge on any atom is 0.418 e. The highest BCUT2D eigenvalue weighted by molar-refractivity contribution is 6.30. The van der Waals surface area contributed by atoms with Gasteiger partial charge in [0.25, 0.3) is 0 Å². The van der Waals surface area contributed by atoms with Crippen molar-refractivity contribution in [2.45, 2.75) is 25.4 Å². The Balaban J connectivity index is 1.73. The second-order valence-electron chi connectivity index (χ2n) is 6.19. The highest BCUT2D eigenvalue weighted by Crippen LogP contribution is 2.36. The van der Waals surface area contributed by atoms with Crippen molar-refractivity contribution in [3.63, 3.8) is 0 Å². The second-order valence-corrected chi connectivity index (χ2v) is 6.63. The summed E-state index contributed by atoms with van der Waals surface area (Å²) in [5.41, 5.74) is 0.265. The number of hydrogen-bond acceptors (Lipinski definition) is 2. The second kappa shape index (κ2) is 7.60. The van der Waals surface area contributed by atoms with Crippen LogP contribution in [0.3, 0.4) is 0 Å². The largest absolute Gasteiger partial charge is 0.418 e. The number of carbonyl (C=O) groups is 2. The number of amides is 2. The summed E-state index contributed by atoms with van der Waals surface area (Å²) >= 11 is 5.62. The molecule has 1 aliphatic heterocycles. The lowest BCUT2D eigenvalue weighted by Crippen LogP contribution is -2.37. The van der Waals surface area contributed by atoms with Crippen LogP contribution in [0.15, 0.2) is 42.5 Å². The molecule has 142 valence electrons. The highest BCUT2D eigenvalue weighted by Gasteiger charge is 2.34. The average molecular weight is 397 g/mol. The lowest BCUT2D eigenvalue weighted by molar-refractivity contribution is -0.137. The van der Waals surface area contributed by atoms with Crippen molar-refractivity contribution in [3.05, 3.63) is 58.6 Å². The third kappa shape index (κ3) is 4.42. The quantitative estimate of drug-likeness (QED) is 0.767. The monoisotopic (exact) mass is 396 g/mol. The van der Waals surface area contributed by atoms with Crippen molar-refractivity contribution >= 4 is 34.8 Å². The molecule has 27 heavy (non-hydrogen) atoms. The number of aryl methyl sites for hydroxylation is 1. The van der Waals surface area contributed by atoms with Gasteiger partial charge in [-0.1, -0.05) is 29.8 Å². The van der Waals surface area contributed by atoms with E-state index in [1.807, 2.05) is 12.1 Å². The number of anilines is 2. The molecule has 1 aliphatic rings. The van der Waals surface area contributed by atoms with E-state index in [0.29, 0.717) is 6.54 Å². The first-order valence-electron chi connectivity index (χ1n) is 8.30. The van der Waals surface area contributed by atoms with Crippen molar-refractivity contribution in [3.8, 4) is 0 Å². The normalized spacial score (nSPS) is 13.9. The van der Waals surface area contributed by atoms with E-state index >= 15 is 0 Å². The number of fused-ring (bicyclic) bond motifs is 1. The van der Waals surface area contributed by atoms with Gasteiger partial charge in [-0.05, 0) is 42.7 Å². The molecular weight excluding hydrogens is 381 g/mol. The van der Waals surface area contributed by atoms with Crippen molar-refractivity contribution in [1.82, 2.24) is 0 Å². The molecule has 0 aromatic heterocycles. The van der Waals surface area contributed by atoms with Crippen LogP contribution in [0.4, 0.5) is 24.5 Å². The zero-order chi connectivity index (χ0) is 19.6. The van der Waals surface area contributed by atoms with Crippen LogP contribution in [0.1, 0.15) is 24.0 Å². The Bertz CT molecular complexity index is 883. The van der Waals surface area contributed by atoms with Crippen LogP contribution < -0.4 is 10.2 Å². The number of carbonyl (C=O) groups excluding carboxylic acids is 2. The molecule has 1 N–H and O–H groups in total. The fraction of sp³-hybridized carbons (Fsp3) is 0.263. The summed E-state index contributed by atoms with van der Waals surface area (Å²) in [5.74, 6) is -1.27. The fourth-order valence-corrected chi connectivity index (χ4v) is 3.25. The SMILES string of the molecule is O=C(CC(=O)N1CCCc2ccccc21)Nc1ccc(Cl)cc1C(F)(F)F. The van der Waals surface area contributed by atoms with E-state index in [-0.39, 0.29) is 5.02 Å². The van der Waals surface area contributed by atoms with Gasteiger partial charge in [0, 0.05) is 17.3 Å². The molecule has 0 saturated carbocycles. The van der Waals surface area contributed by atoms with Gasteiger partial charge in [-0.25, -0.2) is 0 Å². The molecule has 8 heteroatoms. The molecule has 0 unspecified atom stereocenters. The number of nitrogens with one attached hydrogen (secondary N) is 1. The summed E-state index contributed by atoms with van der Waals surface area (Å²) in [7, 11) is 0. The zero-order valence-corrected chi connectivity index (χ0v) is 14.9. The molecule has 2 aromatic carbocycles. The minimum atomic E-state index is -4.68. The molecule has 0 bridgehead atoms. The average Bonchev–Trinajstić information content (AvgIpc) is 2.61. The lowest BCUT2D eigenvalue weighted by Gasteiger charge is -2.29. The van der Waals surface area contributed by atoms with E-state index in [1.54, 1.807) is 12.1 Å². The number of para-hydroxylation sites is 1. The van der Waals surface area contributed by atoms with E-state index < -0.39 is 35.7 Å². The van der Waals surface area contributed by atoms with Crippen molar-refractivity contribution < 1.29 is 22.8 Å². The Morgan fingerprint density at radius 2 is 1.89 bits per heavy atom. The molecule has 3 rings (SSSR count). The number of alkyl halides is 3. The Kier molecular flexibility index (Phi) is 5.41. The third-order valence-corrected chi connectivity index (χ3v) is 4.52. The molecule has 2 amide bonds. The molecule has 0 spiro atoms. The topological polar surface area (TPSA) is 49.4 Å². The van der Waals surface area contributed by atoms with Crippen LogP contribution in [-0.4, -0.2) is 18.4 Å². The maximum absolute atomic E-state index is 13.1. The van der Waals surface area contributed by atoms with Gasteiger partial charge < -0.3 is 10.2 Å². The minimum absolute atomic E-state index is 0.0960. The molecule has 1 heterocycles. The van der Waals surface area contributed by atoms with Gasteiger partial charge in [0.05, 0.1) is 11.3 Å². The predicted molar refractivity (Wildman–Crippen MR) is 96.8 cm³/mol. The molecule has 2 aromatic rings. The molecule has 0 fully saturated rings. The highest BCUT2D eigenvalue weighted by atomic mass is 35.5. The van der Waals surface area contributed by atoms with Gasteiger partial charge in [0.2, 0.25) is 11.8 Å². The van der Waals surface area contributed by atoms with Crippen LogP contribution in [0.2, 0.25) is 5.02 Å². The van der Waals surface area contributed by atoms with Gasteiger partial charge >= 0.3 is 6.18 Å². The summed E-state index contributed by atoms with van der Waals surface area (Å²) in [6, 6.07) is 10.4. The first-order valence-corrected chi connectivity index (χ1v) is 8.68. The van der Waals surface area contributed by atoms with Gasteiger partial charge in [-0.2, -0.15) is 13.2 Å². The third-order valence-electron chi connectivity index (χ3n) is 4.28. The summed E-state index contributed by atoms with van der Waals surface area (Å²) < 4.78 is 39.3. The number of hydrogen-bond donors (Lipinski definition) is 1. The van der Waals surface area contributed by atoms with Crippen molar-refractivity contribution in [2.75, 3.05) is 16.8 Å². The maximum atomic E-state index is 13.1. The van der Waals surface area contributed by atoms with Crippen molar-refractivity contribution in [2.24, 2.45) is 0 Å². The molecular formula is C19H16ClF3N2O2. The first kappa shape index (κ1) is 19.2. The Morgan fingerprint density at radius 1 is 1.15 bits per heavy atom. The molecule has 0 saturated heterocycles. The first-order chi connectivity index (χ1) is 12.8. The van der Waals surface area contributed by atoms with Gasteiger partial charge in [0.1, 0.15) is 6.42 Å². The molecule has 4 nitrogen and oxygen atoms in total. The van der Waals surface area contributed by atoms with Crippen LogP contribution in [0.5, 0.6) is 0 Å².